The number of nitrogens with zero attached hydrogens (tertiary/aromatic N) is 1. The Labute approximate surface area is 124 Å². The predicted molar refractivity (Wildman–Crippen MR) is 79.5 cm³/mol. The topological polar surface area (TPSA) is 50.2 Å². The van der Waals surface area contributed by atoms with Gasteiger partial charge in [-0.2, -0.15) is 0 Å². The van der Waals surface area contributed by atoms with Crippen LogP contribution in [0, 0.1) is 12.8 Å². The first-order chi connectivity index (χ1) is 9.06. The molecule has 1 N–H and O–H groups in total. The van der Waals surface area contributed by atoms with E-state index < -0.39 is 11.9 Å². The largest absolute Gasteiger partial charge is 0.481 e. The third-order valence-corrected chi connectivity index (χ3v) is 4.49. The smallest absolute Gasteiger partial charge is 0.307 e. The summed E-state index contributed by atoms with van der Waals surface area (Å²) in [5.74, 6) is -1.22. The van der Waals surface area contributed by atoms with Crippen LogP contribution in [0.15, 0.2) is 34.1 Å². The minimum atomic E-state index is -0.776. The maximum absolute atomic E-state index is 11.4. The molecule has 0 bridgehead atoms. The Kier molecular flexibility index (Phi) is 4.71. The first kappa shape index (κ1) is 14.2. The average molecular weight is 340 g/mol. The SMILES string of the molecule is Cc1nc(CC(Cc2ccccc2Br)C(=O)O)cs1. The van der Waals surface area contributed by atoms with Crippen molar-refractivity contribution in [2.24, 2.45) is 5.92 Å². The Balaban J connectivity index is 2.13. The number of halogens is 1. The third kappa shape index (κ3) is 3.88. The van der Waals surface area contributed by atoms with E-state index in [-0.39, 0.29) is 0 Å². The standard InChI is InChI=1S/C14H14BrNO2S/c1-9-16-12(8-19-9)7-11(14(17)18)6-10-4-2-3-5-13(10)15/h2-5,8,11H,6-7H2,1H3,(H,17,18). The minimum absolute atomic E-state index is 0.444. The summed E-state index contributed by atoms with van der Waals surface area (Å²) in [5.41, 5.74) is 1.88. The van der Waals surface area contributed by atoms with Crippen LogP contribution < -0.4 is 0 Å². The number of rotatable bonds is 5. The quantitative estimate of drug-likeness (QED) is 0.903. The summed E-state index contributed by atoms with van der Waals surface area (Å²) in [6, 6.07) is 7.73. The molecule has 3 nitrogen and oxygen atoms in total. The maximum Gasteiger partial charge on any atom is 0.307 e. The van der Waals surface area contributed by atoms with Gasteiger partial charge in [0.1, 0.15) is 0 Å². The van der Waals surface area contributed by atoms with Crippen LogP contribution in [-0.4, -0.2) is 16.1 Å². The fourth-order valence-electron chi connectivity index (χ4n) is 1.93. The van der Waals surface area contributed by atoms with E-state index in [1.54, 1.807) is 11.3 Å². The predicted octanol–water partition coefficient (Wildman–Crippen LogP) is 3.70. The molecule has 1 aromatic carbocycles. The van der Waals surface area contributed by atoms with Crippen molar-refractivity contribution in [1.29, 1.82) is 0 Å². The van der Waals surface area contributed by atoms with Gasteiger partial charge in [-0.15, -0.1) is 11.3 Å². The number of aromatic nitrogens is 1. The normalized spacial score (nSPS) is 12.3. The van der Waals surface area contributed by atoms with Gasteiger partial charge in [0.15, 0.2) is 0 Å². The molecule has 0 amide bonds. The lowest BCUT2D eigenvalue weighted by Gasteiger charge is -2.12. The first-order valence-corrected chi connectivity index (χ1v) is 7.60. The molecule has 0 radical (unpaired) electrons. The summed E-state index contributed by atoms with van der Waals surface area (Å²) < 4.78 is 0.954. The number of benzene rings is 1. The van der Waals surface area contributed by atoms with Crippen molar-refractivity contribution >= 4 is 33.2 Å². The highest BCUT2D eigenvalue weighted by Gasteiger charge is 2.20. The monoisotopic (exact) mass is 339 g/mol. The number of carboxylic acid groups (broad SMARTS) is 1. The third-order valence-electron chi connectivity index (χ3n) is 2.90. The van der Waals surface area contributed by atoms with Crippen LogP contribution in [0.25, 0.3) is 0 Å². The van der Waals surface area contributed by atoms with Gasteiger partial charge in [-0.3, -0.25) is 4.79 Å². The van der Waals surface area contributed by atoms with Gasteiger partial charge < -0.3 is 5.11 Å². The molecular weight excluding hydrogens is 326 g/mol. The summed E-state index contributed by atoms with van der Waals surface area (Å²) in [6.45, 7) is 1.93. The molecule has 19 heavy (non-hydrogen) atoms. The Morgan fingerprint density at radius 3 is 2.74 bits per heavy atom. The molecule has 100 valence electrons. The highest BCUT2D eigenvalue weighted by molar-refractivity contribution is 9.10. The molecule has 0 aliphatic carbocycles. The lowest BCUT2D eigenvalue weighted by atomic mass is 9.95. The number of carbonyl (C=O) groups is 1. The van der Waals surface area contributed by atoms with Crippen molar-refractivity contribution in [3.8, 4) is 0 Å². The van der Waals surface area contributed by atoms with Gasteiger partial charge in [0, 0.05) is 16.3 Å². The number of aryl methyl sites for hydroxylation is 1. The molecule has 5 heteroatoms. The van der Waals surface area contributed by atoms with Gasteiger partial charge in [0.2, 0.25) is 0 Å². The van der Waals surface area contributed by atoms with Crippen molar-refractivity contribution in [3.63, 3.8) is 0 Å². The molecule has 0 saturated heterocycles. The van der Waals surface area contributed by atoms with Gasteiger partial charge in [-0.25, -0.2) is 4.98 Å². The molecule has 2 rings (SSSR count). The van der Waals surface area contributed by atoms with Crippen molar-refractivity contribution in [2.45, 2.75) is 19.8 Å². The van der Waals surface area contributed by atoms with Crippen molar-refractivity contribution in [3.05, 3.63) is 50.4 Å². The minimum Gasteiger partial charge on any atom is -0.481 e. The van der Waals surface area contributed by atoms with Crippen LogP contribution in [0.2, 0.25) is 0 Å². The highest BCUT2D eigenvalue weighted by Crippen LogP contribution is 2.22. The molecular formula is C14H14BrNO2S. The molecule has 1 aromatic heterocycles. The van der Waals surface area contributed by atoms with E-state index in [2.05, 4.69) is 20.9 Å². The van der Waals surface area contributed by atoms with E-state index >= 15 is 0 Å². The number of hydrogen-bond acceptors (Lipinski definition) is 3. The van der Waals surface area contributed by atoms with Crippen LogP contribution in [-0.2, 0) is 17.6 Å². The van der Waals surface area contributed by atoms with E-state index in [9.17, 15) is 9.90 Å². The second-order valence-corrected chi connectivity index (χ2v) is 6.31. The van der Waals surface area contributed by atoms with Crippen molar-refractivity contribution in [2.75, 3.05) is 0 Å². The Morgan fingerprint density at radius 1 is 1.42 bits per heavy atom. The zero-order valence-electron chi connectivity index (χ0n) is 10.5. The summed E-state index contributed by atoms with van der Waals surface area (Å²) in [5, 5.41) is 12.3. The first-order valence-electron chi connectivity index (χ1n) is 5.93. The van der Waals surface area contributed by atoms with E-state index in [1.807, 2.05) is 36.6 Å². The molecule has 1 unspecified atom stereocenters. The van der Waals surface area contributed by atoms with Gasteiger partial charge in [0.05, 0.1) is 16.6 Å². The lowest BCUT2D eigenvalue weighted by Crippen LogP contribution is -2.19. The van der Waals surface area contributed by atoms with Gasteiger partial charge >= 0.3 is 5.97 Å². The highest BCUT2D eigenvalue weighted by atomic mass is 79.9. The van der Waals surface area contributed by atoms with Gasteiger partial charge in [-0.1, -0.05) is 34.1 Å². The number of hydrogen-bond donors (Lipinski definition) is 1. The van der Waals surface area contributed by atoms with Crippen LogP contribution in [0.4, 0.5) is 0 Å². The molecule has 0 spiro atoms. The number of carboxylic acids is 1. The molecule has 0 fully saturated rings. The summed E-state index contributed by atoms with van der Waals surface area (Å²) in [6.07, 6.45) is 0.980. The van der Waals surface area contributed by atoms with Crippen LogP contribution in [0.5, 0.6) is 0 Å². The number of aliphatic carboxylic acids is 1. The van der Waals surface area contributed by atoms with Crippen LogP contribution in [0.3, 0.4) is 0 Å². The average Bonchev–Trinajstić information content (AvgIpc) is 2.76. The van der Waals surface area contributed by atoms with E-state index in [0.29, 0.717) is 12.8 Å². The molecule has 0 aliphatic heterocycles. The van der Waals surface area contributed by atoms with E-state index in [1.165, 1.54) is 0 Å². The Bertz CT molecular complexity index is 582. The molecule has 0 saturated carbocycles. The van der Waals surface area contributed by atoms with Crippen molar-refractivity contribution in [1.82, 2.24) is 4.98 Å². The summed E-state index contributed by atoms with van der Waals surface area (Å²) in [4.78, 5) is 15.7. The molecule has 0 aliphatic rings. The second kappa shape index (κ2) is 6.30. The Morgan fingerprint density at radius 2 is 2.16 bits per heavy atom. The second-order valence-electron chi connectivity index (χ2n) is 4.39. The van der Waals surface area contributed by atoms with Gasteiger partial charge in [0.25, 0.3) is 0 Å². The maximum atomic E-state index is 11.4. The van der Waals surface area contributed by atoms with E-state index in [4.69, 9.17) is 0 Å². The van der Waals surface area contributed by atoms with Gasteiger partial charge in [-0.05, 0) is 25.0 Å². The molecule has 2 aromatic rings. The fraction of sp³-hybridized carbons (Fsp3) is 0.286. The molecule has 1 atom stereocenters. The zero-order valence-corrected chi connectivity index (χ0v) is 12.9. The van der Waals surface area contributed by atoms with E-state index in [0.717, 1.165) is 20.7 Å². The van der Waals surface area contributed by atoms with Crippen LogP contribution >= 0.6 is 27.3 Å². The number of thiazole rings is 1. The summed E-state index contributed by atoms with van der Waals surface area (Å²) in [7, 11) is 0. The fourth-order valence-corrected chi connectivity index (χ4v) is 3.00. The summed E-state index contributed by atoms with van der Waals surface area (Å²) >= 11 is 5.01. The van der Waals surface area contributed by atoms with Crippen molar-refractivity contribution < 1.29 is 9.90 Å². The van der Waals surface area contributed by atoms with Crippen LogP contribution in [0.1, 0.15) is 16.3 Å². The molecule has 1 heterocycles. The lowest BCUT2D eigenvalue weighted by molar-refractivity contribution is -0.141. The Hall–Kier alpha value is -1.20. The zero-order chi connectivity index (χ0) is 13.8.